The van der Waals surface area contributed by atoms with Gasteiger partial charge in [0.05, 0.1) is 22.8 Å². The number of nitrogens with one attached hydrogen (secondary N) is 1. The first-order chi connectivity index (χ1) is 10.0. The molecule has 0 radical (unpaired) electrons. The SMILES string of the molecule is CCOC(=O)C(N)C(=O)Nc1ccc(Cl)c2cccnc12. The molecule has 1 amide bonds. The van der Waals surface area contributed by atoms with Crippen molar-refractivity contribution in [1.29, 1.82) is 0 Å². The van der Waals surface area contributed by atoms with Crippen LogP contribution in [0, 0.1) is 0 Å². The Hall–Kier alpha value is -2.18. The highest BCUT2D eigenvalue weighted by atomic mass is 35.5. The first kappa shape index (κ1) is 15.2. The summed E-state index contributed by atoms with van der Waals surface area (Å²) in [5.74, 6) is -1.44. The molecular formula is C14H14ClN3O3. The van der Waals surface area contributed by atoms with Crippen molar-refractivity contribution in [3.63, 3.8) is 0 Å². The molecule has 110 valence electrons. The number of anilines is 1. The molecule has 7 heteroatoms. The Morgan fingerprint density at radius 1 is 1.43 bits per heavy atom. The van der Waals surface area contributed by atoms with Crippen LogP contribution in [0.25, 0.3) is 10.9 Å². The van der Waals surface area contributed by atoms with Gasteiger partial charge in [0, 0.05) is 11.6 Å². The molecule has 21 heavy (non-hydrogen) atoms. The van der Waals surface area contributed by atoms with E-state index in [-0.39, 0.29) is 6.61 Å². The molecule has 0 fully saturated rings. The van der Waals surface area contributed by atoms with Gasteiger partial charge in [-0.25, -0.2) is 4.79 Å². The lowest BCUT2D eigenvalue weighted by atomic mass is 10.2. The maximum atomic E-state index is 12.0. The predicted molar refractivity (Wildman–Crippen MR) is 80.0 cm³/mol. The number of rotatable bonds is 4. The fraction of sp³-hybridized carbons (Fsp3) is 0.214. The normalized spacial score (nSPS) is 12.0. The van der Waals surface area contributed by atoms with Gasteiger partial charge in [-0.05, 0) is 31.2 Å². The minimum atomic E-state index is -1.39. The summed E-state index contributed by atoms with van der Waals surface area (Å²) in [6, 6.07) is 5.37. The minimum absolute atomic E-state index is 0.158. The summed E-state index contributed by atoms with van der Waals surface area (Å²) >= 11 is 6.07. The van der Waals surface area contributed by atoms with E-state index in [9.17, 15) is 9.59 Å². The van der Waals surface area contributed by atoms with Crippen LogP contribution in [-0.2, 0) is 14.3 Å². The Morgan fingerprint density at radius 3 is 2.90 bits per heavy atom. The van der Waals surface area contributed by atoms with Crippen molar-refractivity contribution in [2.24, 2.45) is 5.73 Å². The van der Waals surface area contributed by atoms with Gasteiger partial charge in [-0.3, -0.25) is 9.78 Å². The van der Waals surface area contributed by atoms with E-state index >= 15 is 0 Å². The van der Waals surface area contributed by atoms with E-state index in [2.05, 4.69) is 10.3 Å². The standard InChI is InChI=1S/C14H14ClN3O3/c1-2-21-14(20)11(16)13(19)18-10-6-5-9(15)8-4-3-7-17-12(8)10/h3-7,11H,2,16H2,1H3,(H,18,19). The Morgan fingerprint density at radius 2 is 2.19 bits per heavy atom. The third-order valence-electron chi connectivity index (χ3n) is 2.80. The van der Waals surface area contributed by atoms with E-state index in [0.29, 0.717) is 21.6 Å². The second kappa shape index (κ2) is 6.51. The molecule has 0 aliphatic rings. The summed E-state index contributed by atoms with van der Waals surface area (Å²) in [6.45, 7) is 1.80. The van der Waals surface area contributed by atoms with Gasteiger partial charge in [0.15, 0.2) is 6.04 Å². The molecule has 2 rings (SSSR count). The maximum absolute atomic E-state index is 12.0. The van der Waals surface area contributed by atoms with Gasteiger partial charge in [0.25, 0.3) is 5.91 Å². The average molecular weight is 308 g/mol. The molecule has 1 heterocycles. The van der Waals surface area contributed by atoms with Crippen molar-refractivity contribution in [2.75, 3.05) is 11.9 Å². The van der Waals surface area contributed by atoms with Gasteiger partial charge in [0.2, 0.25) is 0 Å². The molecule has 1 aromatic heterocycles. The Balaban J connectivity index is 2.26. The molecule has 0 bridgehead atoms. The summed E-state index contributed by atoms with van der Waals surface area (Å²) in [5.41, 5.74) is 6.49. The number of hydrogen-bond acceptors (Lipinski definition) is 5. The predicted octanol–water partition coefficient (Wildman–Crippen LogP) is 1.72. The third-order valence-corrected chi connectivity index (χ3v) is 3.13. The van der Waals surface area contributed by atoms with E-state index in [0.717, 1.165) is 0 Å². The molecule has 6 nitrogen and oxygen atoms in total. The minimum Gasteiger partial charge on any atom is -0.464 e. The second-order valence-corrected chi connectivity index (χ2v) is 4.62. The van der Waals surface area contributed by atoms with Crippen molar-refractivity contribution >= 4 is 40.1 Å². The molecule has 0 aliphatic carbocycles. The number of pyridine rings is 1. The van der Waals surface area contributed by atoms with Crippen molar-refractivity contribution in [1.82, 2.24) is 4.98 Å². The van der Waals surface area contributed by atoms with E-state index in [1.54, 1.807) is 37.4 Å². The van der Waals surface area contributed by atoms with Crippen LogP contribution < -0.4 is 11.1 Å². The summed E-state index contributed by atoms with van der Waals surface area (Å²) < 4.78 is 4.71. The molecule has 3 N–H and O–H groups in total. The van der Waals surface area contributed by atoms with Crippen molar-refractivity contribution in [3.05, 3.63) is 35.5 Å². The van der Waals surface area contributed by atoms with Gasteiger partial charge < -0.3 is 15.8 Å². The fourth-order valence-corrected chi connectivity index (χ4v) is 2.00. The van der Waals surface area contributed by atoms with E-state index < -0.39 is 17.9 Å². The quantitative estimate of drug-likeness (QED) is 0.662. The number of carbonyl (C=O) groups is 2. The molecule has 0 spiro atoms. The van der Waals surface area contributed by atoms with Gasteiger partial charge in [-0.2, -0.15) is 0 Å². The molecule has 0 saturated carbocycles. The lowest BCUT2D eigenvalue weighted by Gasteiger charge is -2.12. The number of halogens is 1. The number of nitrogens with zero attached hydrogens (tertiary/aromatic N) is 1. The summed E-state index contributed by atoms with van der Waals surface area (Å²) in [4.78, 5) is 27.6. The number of carbonyl (C=O) groups excluding carboxylic acids is 2. The molecule has 1 aromatic carbocycles. The number of benzene rings is 1. The Bertz CT molecular complexity index is 690. The number of ether oxygens (including phenoxy) is 1. The Kier molecular flexibility index (Phi) is 4.72. The monoisotopic (exact) mass is 307 g/mol. The van der Waals surface area contributed by atoms with E-state index in [4.69, 9.17) is 22.1 Å². The molecule has 2 aromatic rings. The fourth-order valence-electron chi connectivity index (χ4n) is 1.79. The lowest BCUT2D eigenvalue weighted by Crippen LogP contribution is -2.43. The van der Waals surface area contributed by atoms with Gasteiger partial charge in [0.1, 0.15) is 0 Å². The van der Waals surface area contributed by atoms with E-state index in [1.165, 1.54) is 0 Å². The zero-order chi connectivity index (χ0) is 15.4. The van der Waals surface area contributed by atoms with Crippen LogP contribution in [-0.4, -0.2) is 29.5 Å². The zero-order valence-electron chi connectivity index (χ0n) is 11.3. The lowest BCUT2D eigenvalue weighted by molar-refractivity contribution is -0.146. The first-order valence-corrected chi connectivity index (χ1v) is 6.68. The van der Waals surface area contributed by atoms with Crippen LogP contribution in [0.1, 0.15) is 6.92 Å². The highest BCUT2D eigenvalue weighted by molar-refractivity contribution is 6.36. The number of nitrogens with two attached hydrogens (primary N) is 1. The number of amides is 1. The largest absolute Gasteiger partial charge is 0.464 e. The van der Waals surface area contributed by atoms with Crippen molar-refractivity contribution in [2.45, 2.75) is 13.0 Å². The zero-order valence-corrected chi connectivity index (χ0v) is 12.1. The van der Waals surface area contributed by atoms with E-state index in [1.807, 2.05) is 0 Å². The van der Waals surface area contributed by atoms with Gasteiger partial charge in [-0.1, -0.05) is 11.6 Å². The van der Waals surface area contributed by atoms with Crippen LogP contribution in [0.4, 0.5) is 5.69 Å². The van der Waals surface area contributed by atoms with Crippen LogP contribution in [0.3, 0.4) is 0 Å². The van der Waals surface area contributed by atoms with Crippen LogP contribution >= 0.6 is 11.6 Å². The number of hydrogen-bond donors (Lipinski definition) is 2. The molecule has 1 atom stereocenters. The van der Waals surface area contributed by atoms with Crippen LogP contribution in [0.2, 0.25) is 5.02 Å². The molecule has 0 saturated heterocycles. The van der Waals surface area contributed by atoms with Gasteiger partial charge >= 0.3 is 5.97 Å². The highest BCUT2D eigenvalue weighted by Gasteiger charge is 2.24. The smallest absolute Gasteiger partial charge is 0.332 e. The van der Waals surface area contributed by atoms with Crippen LogP contribution in [0.15, 0.2) is 30.5 Å². The number of aromatic nitrogens is 1. The molecular weight excluding hydrogens is 294 g/mol. The van der Waals surface area contributed by atoms with Gasteiger partial charge in [-0.15, -0.1) is 0 Å². The Labute approximate surface area is 126 Å². The average Bonchev–Trinajstić information content (AvgIpc) is 2.49. The summed E-state index contributed by atoms with van der Waals surface area (Å²) in [7, 11) is 0. The maximum Gasteiger partial charge on any atom is 0.332 e. The highest BCUT2D eigenvalue weighted by Crippen LogP contribution is 2.27. The topological polar surface area (TPSA) is 94.3 Å². The van der Waals surface area contributed by atoms with Crippen molar-refractivity contribution < 1.29 is 14.3 Å². The van der Waals surface area contributed by atoms with Crippen LogP contribution in [0.5, 0.6) is 0 Å². The molecule has 0 aliphatic heterocycles. The first-order valence-electron chi connectivity index (χ1n) is 6.31. The summed E-state index contributed by atoms with van der Waals surface area (Å²) in [6.07, 6.45) is 1.58. The number of fused-ring (bicyclic) bond motifs is 1. The summed E-state index contributed by atoms with van der Waals surface area (Å²) in [5, 5.41) is 3.78. The molecule has 1 unspecified atom stereocenters. The van der Waals surface area contributed by atoms with Crippen molar-refractivity contribution in [3.8, 4) is 0 Å². The second-order valence-electron chi connectivity index (χ2n) is 4.21. The third kappa shape index (κ3) is 3.29. The number of esters is 1.